The fourth-order valence-electron chi connectivity index (χ4n) is 15.9. The molecule has 2 nitrogen and oxygen atoms in total. The smallest absolute Gasteiger partial charge is 0.0725 e. The molecule has 2 fully saturated rings. The topological polar surface area (TPSA) is 6.48 Å². The second kappa shape index (κ2) is 15.9. The van der Waals surface area contributed by atoms with Gasteiger partial charge in [0.2, 0.25) is 0 Å². The highest BCUT2D eigenvalue weighted by atomic mass is 15.1. The SMILES string of the molecule is CN1c2ccccc2C2(CCCC2)c2ccc(-c3ccc(-c4ccc5c(c4)C4(c6ccccc6-c6ccccc64)c4cc(-c6ccc(-c7ccc8c(c7)N(C)c7ccccc7C87CCCC7)cc6)ccc4-5)cc3)cc21. The van der Waals surface area contributed by atoms with Crippen molar-refractivity contribution in [2.24, 2.45) is 0 Å². The number of para-hydroxylation sites is 2. The van der Waals surface area contributed by atoms with Crippen molar-refractivity contribution in [2.75, 3.05) is 23.9 Å². The van der Waals surface area contributed by atoms with E-state index in [4.69, 9.17) is 0 Å². The Bertz CT molecular complexity index is 3730. The van der Waals surface area contributed by atoms with Crippen LogP contribution in [-0.2, 0) is 16.2 Å². The average Bonchev–Trinajstić information content (AvgIpc) is 4.48. The van der Waals surface area contributed by atoms with Gasteiger partial charge in [0.15, 0.2) is 0 Å². The molecule has 0 bridgehead atoms. The quantitative estimate of drug-likeness (QED) is 0.173. The van der Waals surface area contributed by atoms with Gasteiger partial charge in [-0.25, -0.2) is 0 Å². The Morgan fingerprint density at radius 2 is 0.547 bits per heavy atom. The molecule has 2 aliphatic heterocycles. The van der Waals surface area contributed by atoms with E-state index in [1.165, 1.54) is 185 Å². The molecule has 360 valence electrons. The molecule has 0 N–H and O–H groups in total. The maximum Gasteiger partial charge on any atom is 0.0725 e. The van der Waals surface area contributed by atoms with Crippen molar-refractivity contribution in [3.63, 3.8) is 0 Å². The van der Waals surface area contributed by atoms with E-state index < -0.39 is 5.41 Å². The Kier molecular flexibility index (Phi) is 9.17. The molecular weight excluding hydrogens is 905 g/mol. The second-order valence-corrected chi connectivity index (χ2v) is 22.7. The number of hydrogen-bond acceptors (Lipinski definition) is 2. The lowest BCUT2D eigenvalue weighted by molar-refractivity contribution is 0.529. The minimum Gasteiger partial charge on any atom is -0.344 e. The van der Waals surface area contributed by atoms with Crippen molar-refractivity contribution in [1.82, 2.24) is 0 Å². The van der Waals surface area contributed by atoms with Gasteiger partial charge in [0, 0.05) is 47.7 Å². The molecular formula is C73H58N2. The van der Waals surface area contributed by atoms with Crippen LogP contribution < -0.4 is 9.80 Å². The van der Waals surface area contributed by atoms with E-state index in [9.17, 15) is 0 Å². The van der Waals surface area contributed by atoms with E-state index in [0.29, 0.717) is 0 Å². The number of hydrogen-bond donors (Lipinski definition) is 0. The zero-order valence-electron chi connectivity index (χ0n) is 42.8. The largest absolute Gasteiger partial charge is 0.344 e. The van der Waals surface area contributed by atoms with Gasteiger partial charge >= 0.3 is 0 Å². The van der Waals surface area contributed by atoms with Crippen molar-refractivity contribution in [3.05, 3.63) is 263 Å². The van der Waals surface area contributed by atoms with E-state index >= 15 is 0 Å². The lowest BCUT2D eigenvalue weighted by Crippen LogP contribution is -2.33. The molecule has 2 heterocycles. The summed E-state index contributed by atoms with van der Waals surface area (Å²) in [6.45, 7) is 0. The van der Waals surface area contributed by atoms with Crippen LogP contribution in [-0.4, -0.2) is 14.1 Å². The van der Waals surface area contributed by atoms with Crippen molar-refractivity contribution in [3.8, 4) is 66.8 Å². The molecule has 10 aromatic carbocycles. The molecule has 0 radical (unpaired) electrons. The molecule has 0 saturated heterocycles. The van der Waals surface area contributed by atoms with Gasteiger partial charge in [-0.05, 0) is 173 Å². The van der Waals surface area contributed by atoms with Crippen molar-refractivity contribution in [2.45, 2.75) is 67.6 Å². The lowest BCUT2D eigenvalue weighted by atomic mass is 9.69. The Morgan fingerprint density at radius 3 is 0.947 bits per heavy atom. The summed E-state index contributed by atoms with van der Waals surface area (Å²) in [6, 6.07) is 84.4. The minimum absolute atomic E-state index is 0.118. The van der Waals surface area contributed by atoms with Crippen LogP contribution in [0.25, 0.3) is 66.8 Å². The van der Waals surface area contributed by atoms with Crippen LogP contribution >= 0.6 is 0 Å². The molecule has 3 spiro atoms. The van der Waals surface area contributed by atoms with Gasteiger partial charge in [-0.3, -0.25) is 0 Å². The van der Waals surface area contributed by atoms with E-state index in [1.807, 2.05) is 0 Å². The standard InChI is InChI=1S/C73H58N2/c1-74-67-21-9-7-19-61(67)71(39-11-12-40-71)63-37-33-53(45-69(63)74)49-27-23-47(24-28-49)51-31-35-57-58-36-32-52(44-66(58)73(65(57)43-51)59-17-5-3-15-55(59)56-16-4-6-18-60(56)73)48-25-29-50(30-26-48)54-34-38-64-70(46-54)75(2)68-22-10-8-20-62(68)72(64)41-13-14-42-72/h3-10,15-38,43-46H,11-14,39-42H2,1-2H3. The van der Waals surface area contributed by atoms with E-state index in [0.717, 1.165) is 0 Å². The molecule has 0 atom stereocenters. The highest BCUT2D eigenvalue weighted by molar-refractivity contribution is 5.97. The van der Waals surface area contributed by atoms with Crippen LogP contribution in [0.5, 0.6) is 0 Å². The first-order valence-corrected chi connectivity index (χ1v) is 27.6. The second-order valence-electron chi connectivity index (χ2n) is 22.7. The van der Waals surface area contributed by atoms with Crippen LogP contribution in [0, 0.1) is 0 Å². The fraction of sp³-hybridized carbons (Fsp3) is 0.178. The molecule has 4 aliphatic carbocycles. The molecule has 2 saturated carbocycles. The third-order valence-corrected chi connectivity index (χ3v) is 19.4. The molecule has 16 rings (SSSR count). The van der Waals surface area contributed by atoms with Gasteiger partial charge in [-0.1, -0.05) is 208 Å². The molecule has 0 amide bonds. The zero-order chi connectivity index (χ0) is 49.6. The average molecular weight is 963 g/mol. The summed E-state index contributed by atoms with van der Waals surface area (Å²) in [6.07, 6.45) is 10.1. The Labute approximate surface area is 441 Å². The van der Waals surface area contributed by atoms with Gasteiger partial charge in [0.05, 0.1) is 5.41 Å². The van der Waals surface area contributed by atoms with Crippen molar-refractivity contribution in [1.29, 1.82) is 0 Å². The monoisotopic (exact) mass is 962 g/mol. The summed E-state index contributed by atoms with van der Waals surface area (Å²) in [5.41, 5.74) is 31.9. The molecule has 10 aromatic rings. The summed E-state index contributed by atoms with van der Waals surface area (Å²) in [7, 11) is 4.51. The van der Waals surface area contributed by atoms with Crippen LogP contribution in [0.2, 0.25) is 0 Å². The first-order valence-electron chi connectivity index (χ1n) is 27.6. The number of rotatable bonds is 4. The number of benzene rings is 10. The molecule has 2 heteroatoms. The maximum atomic E-state index is 2.52. The van der Waals surface area contributed by atoms with Gasteiger partial charge in [0.1, 0.15) is 0 Å². The van der Waals surface area contributed by atoms with Crippen molar-refractivity contribution >= 4 is 22.7 Å². The van der Waals surface area contributed by atoms with Gasteiger partial charge in [-0.15, -0.1) is 0 Å². The Morgan fingerprint density at radius 1 is 0.253 bits per heavy atom. The van der Waals surface area contributed by atoms with E-state index in [2.05, 4.69) is 242 Å². The first-order chi connectivity index (χ1) is 36.9. The summed E-state index contributed by atoms with van der Waals surface area (Å²) >= 11 is 0. The third-order valence-electron chi connectivity index (χ3n) is 19.4. The molecule has 0 aromatic heterocycles. The van der Waals surface area contributed by atoms with Gasteiger partial charge < -0.3 is 9.80 Å². The van der Waals surface area contributed by atoms with Crippen LogP contribution in [0.3, 0.4) is 0 Å². The van der Waals surface area contributed by atoms with E-state index in [1.54, 1.807) is 0 Å². The number of fused-ring (bicyclic) bond motifs is 18. The summed E-state index contributed by atoms with van der Waals surface area (Å²) in [5, 5.41) is 0. The van der Waals surface area contributed by atoms with Crippen LogP contribution in [0.1, 0.15) is 95.9 Å². The summed E-state index contributed by atoms with van der Waals surface area (Å²) < 4.78 is 0. The minimum atomic E-state index is -0.460. The maximum absolute atomic E-state index is 2.52. The molecule has 6 aliphatic rings. The molecule has 0 unspecified atom stereocenters. The normalized spacial score (nSPS) is 17.0. The lowest BCUT2D eigenvalue weighted by Gasteiger charge is -2.42. The molecule has 75 heavy (non-hydrogen) atoms. The first kappa shape index (κ1) is 43.2. The van der Waals surface area contributed by atoms with Gasteiger partial charge in [0.25, 0.3) is 0 Å². The third kappa shape index (κ3) is 5.86. The Balaban J connectivity index is 0.763. The van der Waals surface area contributed by atoms with E-state index in [-0.39, 0.29) is 10.8 Å². The van der Waals surface area contributed by atoms with Crippen molar-refractivity contribution < 1.29 is 0 Å². The predicted molar refractivity (Wildman–Crippen MR) is 312 cm³/mol. The predicted octanol–water partition coefficient (Wildman–Crippen LogP) is 18.6. The number of nitrogens with zero attached hydrogens (tertiary/aromatic N) is 2. The Hall–Kier alpha value is -8.20. The van der Waals surface area contributed by atoms with Crippen LogP contribution in [0.15, 0.2) is 218 Å². The van der Waals surface area contributed by atoms with Crippen LogP contribution in [0.4, 0.5) is 22.7 Å². The zero-order valence-corrected chi connectivity index (χ0v) is 42.8. The highest BCUT2D eigenvalue weighted by Crippen LogP contribution is 2.64. The number of anilines is 4. The highest BCUT2D eigenvalue weighted by Gasteiger charge is 2.52. The van der Waals surface area contributed by atoms with Gasteiger partial charge in [-0.2, -0.15) is 0 Å². The summed E-state index contributed by atoms with van der Waals surface area (Å²) in [5.74, 6) is 0. The summed E-state index contributed by atoms with van der Waals surface area (Å²) in [4.78, 5) is 4.86. The fourth-order valence-corrected chi connectivity index (χ4v) is 15.9.